The Bertz CT molecular complexity index is 1430. The highest BCUT2D eigenvalue weighted by molar-refractivity contribution is 7.92. The number of para-hydroxylation sites is 2. The van der Waals surface area contributed by atoms with Gasteiger partial charge in [-0.15, -0.1) is 0 Å². The zero-order chi connectivity index (χ0) is 24.8. The molecule has 0 amide bonds. The lowest BCUT2D eigenvalue weighted by Gasteiger charge is -2.14. The number of rotatable bonds is 10. The van der Waals surface area contributed by atoms with E-state index < -0.39 is 10.0 Å². The molecule has 4 rings (SSSR count). The third-order valence-electron chi connectivity index (χ3n) is 5.33. The lowest BCUT2D eigenvalue weighted by molar-refractivity contribution is 0.354. The van der Waals surface area contributed by atoms with Crippen molar-refractivity contribution in [2.24, 2.45) is 0 Å². The first-order valence-corrected chi connectivity index (χ1v) is 12.3. The number of aromatic nitrogens is 2. The maximum absolute atomic E-state index is 13.0. The molecule has 1 aromatic heterocycles. The molecule has 4 aromatic rings. The summed E-state index contributed by atoms with van der Waals surface area (Å²) in [5.41, 5.74) is 2.24. The van der Waals surface area contributed by atoms with Gasteiger partial charge in [0, 0.05) is 6.54 Å². The number of benzene rings is 3. The van der Waals surface area contributed by atoms with Crippen LogP contribution in [0.1, 0.15) is 5.56 Å². The van der Waals surface area contributed by atoms with Gasteiger partial charge in [-0.05, 0) is 60.5 Å². The van der Waals surface area contributed by atoms with Gasteiger partial charge < -0.3 is 19.5 Å². The van der Waals surface area contributed by atoms with Crippen LogP contribution >= 0.6 is 0 Å². The maximum atomic E-state index is 13.0. The molecule has 0 saturated carbocycles. The van der Waals surface area contributed by atoms with Crippen molar-refractivity contribution in [2.75, 3.05) is 37.9 Å². The van der Waals surface area contributed by atoms with E-state index in [2.05, 4.69) is 20.0 Å². The molecule has 2 N–H and O–H groups in total. The molecule has 0 bridgehead atoms. The average molecular weight is 495 g/mol. The maximum Gasteiger partial charge on any atom is 0.263 e. The molecule has 0 aliphatic rings. The minimum Gasteiger partial charge on any atom is -0.497 e. The molecule has 9 nitrogen and oxygen atoms in total. The SMILES string of the molecule is COc1ccc(S(=O)(=O)Nc2nc3ccccc3nc2NCCc2ccc(OC)c(OC)c2)cc1. The third-order valence-corrected chi connectivity index (χ3v) is 6.68. The number of nitrogens with one attached hydrogen (secondary N) is 2. The van der Waals surface area contributed by atoms with Crippen molar-refractivity contribution in [3.05, 3.63) is 72.3 Å². The van der Waals surface area contributed by atoms with Gasteiger partial charge in [0.1, 0.15) is 5.75 Å². The standard InChI is InChI=1S/C25H26N4O5S/c1-32-18-9-11-19(12-10-18)35(30,31)29-25-24(27-20-6-4-5-7-21(20)28-25)26-15-14-17-8-13-22(33-2)23(16-17)34-3/h4-13,16H,14-15H2,1-3H3,(H,26,27)(H,28,29). The Labute approximate surface area is 204 Å². The van der Waals surface area contributed by atoms with E-state index in [1.807, 2.05) is 36.4 Å². The predicted molar refractivity (Wildman–Crippen MR) is 135 cm³/mol. The molecule has 0 atom stereocenters. The summed E-state index contributed by atoms with van der Waals surface area (Å²) in [6.07, 6.45) is 0.638. The highest BCUT2D eigenvalue weighted by Crippen LogP contribution is 2.28. The van der Waals surface area contributed by atoms with Crippen molar-refractivity contribution in [3.8, 4) is 17.2 Å². The van der Waals surface area contributed by atoms with Gasteiger partial charge in [0.05, 0.1) is 37.3 Å². The Balaban J connectivity index is 1.58. The Kier molecular flexibility index (Phi) is 7.21. The topological polar surface area (TPSA) is 112 Å². The Hall–Kier alpha value is -4.05. The first-order chi connectivity index (χ1) is 16.9. The van der Waals surface area contributed by atoms with E-state index in [1.54, 1.807) is 32.4 Å². The van der Waals surface area contributed by atoms with Gasteiger partial charge in [-0.25, -0.2) is 18.4 Å². The minimum absolute atomic E-state index is 0.0875. The van der Waals surface area contributed by atoms with Gasteiger partial charge in [-0.1, -0.05) is 18.2 Å². The number of fused-ring (bicyclic) bond motifs is 1. The summed E-state index contributed by atoms with van der Waals surface area (Å²) >= 11 is 0. The van der Waals surface area contributed by atoms with Crippen LogP contribution in [0.25, 0.3) is 11.0 Å². The van der Waals surface area contributed by atoms with Gasteiger partial charge in [-0.3, -0.25) is 4.72 Å². The Morgan fingerprint density at radius 2 is 1.43 bits per heavy atom. The molecule has 0 fully saturated rings. The molecule has 0 radical (unpaired) electrons. The van der Waals surface area contributed by atoms with Crippen LogP contribution in [-0.2, 0) is 16.4 Å². The quantitative estimate of drug-likeness (QED) is 0.339. The molecule has 0 saturated heterocycles. The van der Waals surface area contributed by atoms with Crippen molar-refractivity contribution in [1.29, 1.82) is 0 Å². The fraction of sp³-hybridized carbons (Fsp3) is 0.200. The van der Waals surface area contributed by atoms with Crippen LogP contribution in [0.15, 0.2) is 71.6 Å². The summed E-state index contributed by atoms with van der Waals surface area (Å²) in [6, 6.07) is 19.1. The van der Waals surface area contributed by atoms with E-state index >= 15 is 0 Å². The molecule has 3 aromatic carbocycles. The largest absolute Gasteiger partial charge is 0.497 e. The van der Waals surface area contributed by atoms with Gasteiger partial charge in [0.25, 0.3) is 10.0 Å². The molecule has 35 heavy (non-hydrogen) atoms. The van der Waals surface area contributed by atoms with E-state index in [0.717, 1.165) is 5.56 Å². The number of sulfonamides is 1. The first-order valence-electron chi connectivity index (χ1n) is 10.8. The second kappa shape index (κ2) is 10.5. The van der Waals surface area contributed by atoms with Gasteiger partial charge in [0.15, 0.2) is 23.1 Å². The van der Waals surface area contributed by atoms with Crippen LogP contribution in [0.2, 0.25) is 0 Å². The summed E-state index contributed by atoms with van der Waals surface area (Å²) in [4.78, 5) is 9.21. The van der Waals surface area contributed by atoms with Crippen molar-refractivity contribution < 1.29 is 22.6 Å². The monoisotopic (exact) mass is 494 g/mol. The minimum atomic E-state index is -3.90. The predicted octanol–water partition coefficient (Wildman–Crippen LogP) is 4.11. The lowest BCUT2D eigenvalue weighted by atomic mass is 10.1. The normalized spacial score (nSPS) is 11.2. The Morgan fingerprint density at radius 3 is 2.06 bits per heavy atom. The Morgan fingerprint density at radius 1 is 0.771 bits per heavy atom. The van der Waals surface area contributed by atoms with Crippen LogP contribution in [0, 0.1) is 0 Å². The lowest BCUT2D eigenvalue weighted by Crippen LogP contribution is -2.17. The number of hydrogen-bond acceptors (Lipinski definition) is 8. The molecule has 0 aliphatic carbocycles. The second-order valence-electron chi connectivity index (χ2n) is 7.56. The van der Waals surface area contributed by atoms with E-state index in [0.29, 0.717) is 47.1 Å². The molecule has 182 valence electrons. The summed E-state index contributed by atoms with van der Waals surface area (Å²) in [5, 5.41) is 3.22. The number of nitrogens with zero attached hydrogens (tertiary/aromatic N) is 2. The van der Waals surface area contributed by atoms with E-state index in [1.165, 1.54) is 19.2 Å². The number of anilines is 2. The van der Waals surface area contributed by atoms with Crippen LogP contribution in [0.3, 0.4) is 0 Å². The van der Waals surface area contributed by atoms with E-state index in [-0.39, 0.29) is 10.7 Å². The van der Waals surface area contributed by atoms with Crippen LogP contribution in [0.5, 0.6) is 17.2 Å². The molecule has 0 aliphatic heterocycles. The molecular formula is C25H26N4O5S. The zero-order valence-electron chi connectivity index (χ0n) is 19.6. The fourth-order valence-electron chi connectivity index (χ4n) is 3.50. The van der Waals surface area contributed by atoms with Crippen LogP contribution < -0.4 is 24.2 Å². The highest BCUT2D eigenvalue weighted by Gasteiger charge is 2.19. The highest BCUT2D eigenvalue weighted by atomic mass is 32.2. The van der Waals surface area contributed by atoms with Crippen LogP contribution in [0.4, 0.5) is 11.6 Å². The molecule has 0 unspecified atom stereocenters. The average Bonchev–Trinajstić information content (AvgIpc) is 2.88. The van der Waals surface area contributed by atoms with Gasteiger partial charge >= 0.3 is 0 Å². The zero-order valence-corrected chi connectivity index (χ0v) is 20.4. The summed E-state index contributed by atoms with van der Waals surface area (Å²) in [7, 11) is 0.797. The number of ether oxygens (including phenoxy) is 3. The molecule has 1 heterocycles. The third kappa shape index (κ3) is 5.55. The van der Waals surface area contributed by atoms with Crippen molar-refractivity contribution >= 4 is 32.7 Å². The van der Waals surface area contributed by atoms with E-state index in [9.17, 15) is 8.42 Å². The van der Waals surface area contributed by atoms with Gasteiger partial charge in [0.2, 0.25) is 0 Å². The molecule has 0 spiro atoms. The summed E-state index contributed by atoms with van der Waals surface area (Å²) in [6.45, 7) is 0.486. The molecular weight excluding hydrogens is 468 g/mol. The second-order valence-corrected chi connectivity index (χ2v) is 9.24. The molecule has 10 heteroatoms. The van der Waals surface area contributed by atoms with E-state index in [4.69, 9.17) is 14.2 Å². The van der Waals surface area contributed by atoms with Crippen molar-refractivity contribution in [2.45, 2.75) is 11.3 Å². The van der Waals surface area contributed by atoms with Crippen molar-refractivity contribution in [1.82, 2.24) is 9.97 Å². The fourth-order valence-corrected chi connectivity index (χ4v) is 4.51. The first kappa shape index (κ1) is 24.1. The smallest absolute Gasteiger partial charge is 0.263 e. The number of hydrogen-bond donors (Lipinski definition) is 2. The van der Waals surface area contributed by atoms with Crippen LogP contribution in [-0.4, -0.2) is 46.3 Å². The van der Waals surface area contributed by atoms with Crippen molar-refractivity contribution in [3.63, 3.8) is 0 Å². The summed E-state index contributed by atoms with van der Waals surface area (Å²) in [5.74, 6) is 2.31. The summed E-state index contributed by atoms with van der Waals surface area (Å²) < 4.78 is 44.4. The van der Waals surface area contributed by atoms with Gasteiger partial charge in [-0.2, -0.15) is 0 Å². The number of methoxy groups -OCH3 is 3.